The molecule has 0 unspecified atom stereocenters. The molecular weight excluding hydrogens is 194 g/mol. The summed E-state index contributed by atoms with van der Waals surface area (Å²) in [5.41, 5.74) is 1.02. The molecular formula is C11H19NO3. The van der Waals surface area contributed by atoms with E-state index in [1.807, 2.05) is 6.07 Å². The Bertz CT molecular complexity index is 224. The van der Waals surface area contributed by atoms with E-state index < -0.39 is 0 Å². The van der Waals surface area contributed by atoms with Crippen LogP contribution in [-0.2, 0) is 15.9 Å². The Kier molecular flexibility index (Phi) is 6.86. The molecule has 0 radical (unpaired) electrons. The average molecular weight is 213 g/mol. The molecule has 0 saturated heterocycles. The molecule has 0 N–H and O–H groups in total. The van der Waals surface area contributed by atoms with Crippen molar-refractivity contribution in [3.8, 4) is 0 Å². The van der Waals surface area contributed by atoms with Crippen LogP contribution in [0.4, 0.5) is 0 Å². The molecule has 0 saturated carbocycles. The third-order valence-corrected chi connectivity index (χ3v) is 2.10. The second-order valence-corrected chi connectivity index (χ2v) is 3.41. The van der Waals surface area contributed by atoms with Gasteiger partial charge in [-0.1, -0.05) is 5.16 Å². The normalized spacial score (nSPS) is 10.7. The second kappa shape index (κ2) is 8.44. The maximum atomic E-state index is 5.43. The van der Waals surface area contributed by atoms with E-state index in [1.165, 1.54) is 0 Å². The third-order valence-electron chi connectivity index (χ3n) is 2.10. The fourth-order valence-electron chi connectivity index (χ4n) is 1.28. The predicted octanol–water partition coefficient (Wildman–Crippen LogP) is 2.05. The van der Waals surface area contributed by atoms with Crippen LogP contribution in [0.2, 0.25) is 0 Å². The quantitative estimate of drug-likeness (QED) is 0.589. The van der Waals surface area contributed by atoms with Gasteiger partial charge in [-0.15, -0.1) is 0 Å². The molecule has 4 nitrogen and oxygen atoms in total. The van der Waals surface area contributed by atoms with E-state index in [-0.39, 0.29) is 0 Å². The number of unbranched alkanes of at least 4 members (excludes halogenated alkanes) is 1. The predicted molar refractivity (Wildman–Crippen MR) is 56.8 cm³/mol. The van der Waals surface area contributed by atoms with Gasteiger partial charge >= 0.3 is 0 Å². The first-order valence-corrected chi connectivity index (χ1v) is 5.39. The smallest absolute Gasteiger partial charge is 0.124 e. The number of hydrogen-bond donors (Lipinski definition) is 0. The van der Waals surface area contributed by atoms with Crippen molar-refractivity contribution in [2.75, 3.05) is 26.9 Å². The topological polar surface area (TPSA) is 44.5 Å². The van der Waals surface area contributed by atoms with Crippen LogP contribution in [-0.4, -0.2) is 32.1 Å². The van der Waals surface area contributed by atoms with E-state index >= 15 is 0 Å². The van der Waals surface area contributed by atoms with Gasteiger partial charge in [-0.3, -0.25) is 0 Å². The van der Waals surface area contributed by atoms with Crippen molar-refractivity contribution in [3.05, 3.63) is 18.0 Å². The minimum atomic E-state index is 0.777. The Morgan fingerprint density at radius 2 is 2.07 bits per heavy atom. The highest BCUT2D eigenvalue weighted by molar-refractivity contribution is 4.94. The van der Waals surface area contributed by atoms with Crippen molar-refractivity contribution in [3.63, 3.8) is 0 Å². The lowest BCUT2D eigenvalue weighted by molar-refractivity contribution is 0.100. The van der Waals surface area contributed by atoms with Gasteiger partial charge in [-0.25, -0.2) is 0 Å². The van der Waals surface area contributed by atoms with Gasteiger partial charge in [0.1, 0.15) is 6.26 Å². The second-order valence-electron chi connectivity index (χ2n) is 3.41. The number of nitrogens with zero attached hydrogens (tertiary/aromatic N) is 1. The Morgan fingerprint density at radius 1 is 1.20 bits per heavy atom. The summed E-state index contributed by atoms with van der Waals surface area (Å²) in [5.74, 6) is 0. The maximum absolute atomic E-state index is 5.43. The molecule has 1 aromatic heterocycles. The van der Waals surface area contributed by atoms with Crippen LogP contribution in [0.3, 0.4) is 0 Å². The van der Waals surface area contributed by atoms with E-state index in [0.29, 0.717) is 0 Å². The lowest BCUT2D eigenvalue weighted by atomic mass is 10.2. The first-order valence-electron chi connectivity index (χ1n) is 5.39. The zero-order valence-corrected chi connectivity index (χ0v) is 9.28. The average Bonchev–Trinajstić information content (AvgIpc) is 2.75. The highest BCUT2D eigenvalue weighted by atomic mass is 16.5. The number of aromatic nitrogens is 1. The van der Waals surface area contributed by atoms with Gasteiger partial charge in [0.05, 0.1) is 5.69 Å². The number of ether oxygens (including phenoxy) is 2. The van der Waals surface area contributed by atoms with E-state index in [4.69, 9.17) is 14.0 Å². The number of rotatable bonds is 9. The molecule has 4 heteroatoms. The van der Waals surface area contributed by atoms with Gasteiger partial charge < -0.3 is 14.0 Å². The molecule has 0 aromatic carbocycles. The van der Waals surface area contributed by atoms with E-state index in [0.717, 1.165) is 51.2 Å². The molecule has 15 heavy (non-hydrogen) atoms. The maximum Gasteiger partial charge on any atom is 0.124 e. The van der Waals surface area contributed by atoms with Crippen LogP contribution < -0.4 is 0 Å². The fraction of sp³-hybridized carbons (Fsp3) is 0.727. The van der Waals surface area contributed by atoms with E-state index in [9.17, 15) is 0 Å². The zero-order valence-electron chi connectivity index (χ0n) is 9.28. The minimum absolute atomic E-state index is 0.777. The van der Waals surface area contributed by atoms with Crippen molar-refractivity contribution in [1.82, 2.24) is 5.16 Å². The Hall–Kier alpha value is -0.870. The lowest BCUT2D eigenvalue weighted by Crippen LogP contribution is -2.00. The SMILES string of the molecule is COCCCOCCCCc1ccon1. The molecule has 0 atom stereocenters. The van der Waals surface area contributed by atoms with E-state index in [2.05, 4.69) is 5.16 Å². The van der Waals surface area contributed by atoms with Crippen LogP contribution in [0, 0.1) is 0 Å². The molecule has 86 valence electrons. The molecule has 1 aromatic rings. The molecule has 0 aliphatic rings. The van der Waals surface area contributed by atoms with Gasteiger partial charge in [-0.05, 0) is 25.7 Å². The molecule has 0 bridgehead atoms. The van der Waals surface area contributed by atoms with Crippen LogP contribution in [0.5, 0.6) is 0 Å². The van der Waals surface area contributed by atoms with Gasteiger partial charge in [0.2, 0.25) is 0 Å². The highest BCUT2D eigenvalue weighted by Gasteiger charge is 1.96. The monoisotopic (exact) mass is 213 g/mol. The summed E-state index contributed by atoms with van der Waals surface area (Å²) < 4.78 is 15.1. The van der Waals surface area contributed by atoms with Gasteiger partial charge in [0.15, 0.2) is 0 Å². The zero-order chi connectivity index (χ0) is 10.8. The van der Waals surface area contributed by atoms with E-state index in [1.54, 1.807) is 13.4 Å². The van der Waals surface area contributed by atoms with Gasteiger partial charge in [0, 0.05) is 33.0 Å². The van der Waals surface area contributed by atoms with Crippen LogP contribution in [0.1, 0.15) is 25.0 Å². The summed E-state index contributed by atoms with van der Waals surface area (Å²) in [6.45, 7) is 2.39. The first kappa shape index (κ1) is 12.2. The molecule has 0 amide bonds. The van der Waals surface area contributed by atoms with Crippen LogP contribution in [0.15, 0.2) is 16.9 Å². The number of aryl methyl sites for hydroxylation is 1. The molecule has 0 spiro atoms. The highest BCUT2D eigenvalue weighted by Crippen LogP contribution is 2.01. The summed E-state index contributed by atoms with van der Waals surface area (Å²) in [6.07, 6.45) is 5.71. The standard InChI is InChI=1S/C11H19NO3/c1-13-7-4-9-14-8-3-2-5-11-6-10-15-12-11/h6,10H,2-5,7-9H2,1H3. The third kappa shape index (κ3) is 6.25. The Balaban J connectivity index is 1.81. The molecule has 0 aliphatic heterocycles. The minimum Gasteiger partial charge on any atom is -0.385 e. The van der Waals surface area contributed by atoms with Crippen molar-refractivity contribution in [2.45, 2.75) is 25.7 Å². The van der Waals surface area contributed by atoms with Crippen molar-refractivity contribution < 1.29 is 14.0 Å². The molecule has 1 rings (SSSR count). The lowest BCUT2D eigenvalue weighted by Gasteiger charge is -2.02. The summed E-state index contributed by atoms with van der Waals surface area (Å²) in [5, 5.41) is 3.84. The Morgan fingerprint density at radius 3 is 2.80 bits per heavy atom. The van der Waals surface area contributed by atoms with Crippen LogP contribution in [0.25, 0.3) is 0 Å². The Labute approximate surface area is 90.5 Å². The fourth-order valence-corrected chi connectivity index (χ4v) is 1.28. The van der Waals surface area contributed by atoms with Crippen LogP contribution >= 0.6 is 0 Å². The van der Waals surface area contributed by atoms with Crippen molar-refractivity contribution in [1.29, 1.82) is 0 Å². The summed E-state index contributed by atoms with van der Waals surface area (Å²) in [6, 6.07) is 1.90. The van der Waals surface area contributed by atoms with Gasteiger partial charge in [0.25, 0.3) is 0 Å². The largest absolute Gasteiger partial charge is 0.385 e. The number of hydrogen-bond acceptors (Lipinski definition) is 4. The van der Waals surface area contributed by atoms with Crippen molar-refractivity contribution in [2.24, 2.45) is 0 Å². The molecule has 1 heterocycles. The summed E-state index contributed by atoms with van der Waals surface area (Å²) in [7, 11) is 1.71. The number of methoxy groups -OCH3 is 1. The summed E-state index contributed by atoms with van der Waals surface area (Å²) >= 11 is 0. The molecule has 0 aliphatic carbocycles. The summed E-state index contributed by atoms with van der Waals surface area (Å²) in [4.78, 5) is 0. The van der Waals surface area contributed by atoms with Gasteiger partial charge in [-0.2, -0.15) is 0 Å². The molecule has 0 fully saturated rings. The van der Waals surface area contributed by atoms with Crippen molar-refractivity contribution >= 4 is 0 Å². The first-order chi connectivity index (χ1) is 7.43.